The molecule has 1 aliphatic rings. The van der Waals surface area contributed by atoms with Crippen LogP contribution in [0.5, 0.6) is 5.75 Å². The summed E-state index contributed by atoms with van der Waals surface area (Å²) in [5.41, 5.74) is 9.02. The number of benzene rings is 2. The van der Waals surface area contributed by atoms with Crippen LogP contribution in [0.15, 0.2) is 73.1 Å². The van der Waals surface area contributed by atoms with Crippen molar-refractivity contribution in [1.82, 2.24) is 9.88 Å². The van der Waals surface area contributed by atoms with E-state index in [0.717, 1.165) is 34.5 Å². The van der Waals surface area contributed by atoms with Crippen LogP contribution >= 0.6 is 0 Å². The first kappa shape index (κ1) is 21.0. The Bertz CT molecular complexity index is 1040. The van der Waals surface area contributed by atoms with E-state index in [0.29, 0.717) is 26.1 Å². The van der Waals surface area contributed by atoms with Crippen molar-refractivity contribution >= 4 is 5.91 Å². The van der Waals surface area contributed by atoms with E-state index in [1.165, 1.54) is 0 Å². The Hall–Kier alpha value is -3.22. The summed E-state index contributed by atoms with van der Waals surface area (Å²) in [6.45, 7) is 2.33. The Morgan fingerprint density at radius 1 is 1.13 bits per heavy atom. The molecule has 1 atom stereocenters. The molecule has 2 aromatic carbocycles. The number of carbonyl (C=O) groups excluding carboxylic acids is 1. The second-order valence-corrected chi connectivity index (χ2v) is 7.89. The standard InChI is InChI=1S/C25H27N3O3/c1-30-23-9-3-6-20(14-23)17-28-11-12-31-25(18-28,24(26)29)15-19-5-2-7-21(13-19)22-8-4-10-27-16-22/h2-10,13-14,16H,11-12,15,17-18H2,1H3,(H2,26,29). The van der Waals surface area contributed by atoms with Crippen LogP contribution in [0.2, 0.25) is 0 Å². The average molecular weight is 418 g/mol. The maximum atomic E-state index is 12.6. The second-order valence-electron chi connectivity index (χ2n) is 7.89. The van der Waals surface area contributed by atoms with Gasteiger partial charge in [-0.2, -0.15) is 0 Å². The molecule has 1 amide bonds. The van der Waals surface area contributed by atoms with Gasteiger partial charge < -0.3 is 15.2 Å². The number of carbonyl (C=O) groups is 1. The fraction of sp³-hybridized carbons (Fsp3) is 0.280. The zero-order valence-corrected chi connectivity index (χ0v) is 17.7. The third-order valence-corrected chi connectivity index (χ3v) is 5.67. The van der Waals surface area contributed by atoms with E-state index in [9.17, 15) is 4.79 Å². The van der Waals surface area contributed by atoms with Gasteiger partial charge in [0, 0.05) is 38.4 Å². The summed E-state index contributed by atoms with van der Waals surface area (Å²) < 4.78 is 11.4. The highest BCUT2D eigenvalue weighted by atomic mass is 16.5. The molecule has 160 valence electrons. The number of rotatable bonds is 7. The molecule has 0 saturated carbocycles. The quantitative estimate of drug-likeness (QED) is 0.639. The maximum absolute atomic E-state index is 12.6. The zero-order chi connectivity index (χ0) is 21.7. The summed E-state index contributed by atoms with van der Waals surface area (Å²) in [5, 5.41) is 0. The number of methoxy groups -OCH3 is 1. The van der Waals surface area contributed by atoms with E-state index in [-0.39, 0.29) is 0 Å². The summed E-state index contributed by atoms with van der Waals surface area (Å²) in [6.07, 6.45) is 4.00. The van der Waals surface area contributed by atoms with Gasteiger partial charge in [0.05, 0.1) is 13.7 Å². The first-order valence-electron chi connectivity index (χ1n) is 10.4. The van der Waals surface area contributed by atoms with E-state index >= 15 is 0 Å². The normalized spacial score (nSPS) is 19.1. The molecule has 0 aliphatic carbocycles. The first-order valence-corrected chi connectivity index (χ1v) is 10.4. The van der Waals surface area contributed by atoms with Gasteiger partial charge in [-0.3, -0.25) is 14.7 Å². The average Bonchev–Trinajstić information content (AvgIpc) is 2.80. The Kier molecular flexibility index (Phi) is 6.30. The van der Waals surface area contributed by atoms with Crippen LogP contribution in [-0.4, -0.2) is 48.2 Å². The first-order chi connectivity index (χ1) is 15.1. The largest absolute Gasteiger partial charge is 0.497 e. The number of morpholine rings is 1. The van der Waals surface area contributed by atoms with Gasteiger partial charge in [0.15, 0.2) is 5.60 Å². The second kappa shape index (κ2) is 9.29. The molecule has 1 unspecified atom stereocenters. The molecule has 1 aliphatic heterocycles. The van der Waals surface area contributed by atoms with Crippen LogP contribution in [0.4, 0.5) is 0 Å². The number of amides is 1. The minimum absolute atomic E-state index is 0.422. The van der Waals surface area contributed by atoms with Crippen molar-refractivity contribution in [1.29, 1.82) is 0 Å². The number of hydrogen-bond acceptors (Lipinski definition) is 5. The van der Waals surface area contributed by atoms with Gasteiger partial charge in [-0.1, -0.05) is 42.5 Å². The molecular formula is C25H27N3O3. The Morgan fingerprint density at radius 2 is 1.94 bits per heavy atom. The molecule has 6 nitrogen and oxygen atoms in total. The number of nitrogens with zero attached hydrogens (tertiary/aromatic N) is 2. The molecule has 6 heteroatoms. The highest BCUT2D eigenvalue weighted by Gasteiger charge is 2.42. The van der Waals surface area contributed by atoms with E-state index in [1.54, 1.807) is 13.3 Å². The van der Waals surface area contributed by atoms with Crippen molar-refractivity contribution in [2.75, 3.05) is 26.8 Å². The lowest BCUT2D eigenvalue weighted by molar-refractivity contribution is -0.157. The van der Waals surface area contributed by atoms with Gasteiger partial charge in [-0.05, 0) is 40.5 Å². The molecule has 31 heavy (non-hydrogen) atoms. The van der Waals surface area contributed by atoms with Gasteiger partial charge in [0.2, 0.25) is 0 Å². The number of pyridine rings is 1. The molecule has 0 bridgehead atoms. The lowest BCUT2D eigenvalue weighted by atomic mass is 9.90. The van der Waals surface area contributed by atoms with Crippen LogP contribution in [0.1, 0.15) is 11.1 Å². The third kappa shape index (κ3) is 4.93. The predicted octanol–water partition coefficient (Wildman–Crippen LogP) is 3.06. The topological polar surface area (TPSA) is 77.7 Å². The predicted molar refractivity (Wildman–Crippen MR) is 120 cm³/mol. The summed E-state index contributed by atoms with van der Waals surface area (Å²) in [6, 6.07) is 20.0. The number of hydrogen-bond donors (Lipinski definition) is 1. The Balaban J connectivity index is 1.54. The highest BCUT2D eigenvalue weighted by molar-refractivity contribution is 5.84. The maximum Gasteiger partial charge on any atom is 0.251 e. The van der Waals surface area contributed by atoms with Crippen molar-refractivity contribution in [3.05, 3.63) is 84.2 Å². The SMILES string of the molecule is COc1cccc(CN2CCOC(Cc3cccc(-c4cccnc4)c3)(C(N)=O)C2)c1. The van der Waals surface area contributed by atoms with Crippen molar-refractivity contribution < 1.29 is 14.3 Å². The molecule has 1 fully saturated rings. The fourth-order valence-corrected chi connectivity index (χ4v) is 4.09. The fourth-order valence-electron chi connectivity index (χ4n) is 4.09. The molecule has 1 saturated heterocycles. The minimum atomic E-state index is -1.06. The van der Waals surface area contributed by atoms with Gasteiger partial charge in [0.1, 0.15) is 5.75 Å². The summed E-state index contributed by atoms with van der Waals surface area (Å²) in [7, 11) is 1.66. The van der Waals surface area contributed by atoms with Gasteiger partial charge in [-0.25, -0.2) is 0 Å². The number of nitrogens with two attached hydrogens (primary N) is 1. The summed E-state index contributed by atoms with van der Waals surface area (Å²) >= 11 is 0. The van der Waals surface area contributed by atoms with Crippen molar-refractivity contribution in [2.45, 2.75) is 18.6 Å². The van der Waals surface area contributed by atoms with Crippen LogP contribution in [0, 0.1) is 0 Å². The molecule has 1 aromatic heterocycles. The van der Waals surface area contributed by atoms with E-state index in [2.05, 4.69) is 22.0 Å². The van der Waals surface area contributed by atoms with Crippen LogP contribution in [0.3, 0.4) is 0 Å². The number of primary amides is 1. The summed E-state index contributed by atoms with van der Waals surface area (Å²) in [4.78, 5) is 19.0. The smallest absolute Gasteiger partial charge is 0.251 e. The van der Waals surface area contributed by atoms with E-state index in [1.807, 2.05) is 54.7 Å². The van der Waals surface area contributed by atoms with Crippen LogP contribution in [-0.2, 0) is 22.5 Å². The van der Waals surface area contributed by atoms with Crippen LogP contribution in [0.25, 0.3) is 11.1 Å². The van der Waals surface area contributed by atoms with E-state index in [4.69, 9.17) is 15.2 Å². The Labute approximate surface area is 182 Å². The van der Waals surface area contributed by atoms with Crippen molar-refractivity contribution in [3.8, 4) is 16.9 Å². The molecule has 4 rings (SSSR count). The monoisotopic (exact) mass is 417 g/mol. The van der Waals surface area contributed by atoms with Gasteiger partial charge >= 0.3 is 0 Å². The molecular weight excluding hydrogens is 390 g/mol. The number of ether oxygens (including phenoxy) is 2. The van der Waals surface area contributed by atoms with Crippen molar-refractivity contribution in [2.24, 2.45) is 5.73 Å². The summed E-state index contributed by atoms with van der Waals surface area (Å²) in [5.74, 6) is 0.383. The van der Waals surface area contributed by atoms with Gasteiger partial charge in [-0.15, -0.1) is 0 Å². The highest BCUT2D eigenvalue weighted by Crippen LogP contribution is 2.27. The lowest BCUT2D eigenvalue weighted by Gasteiger charge is -2.41. The van der Waals surface area contributed by atoms with E-state index < -0.39 is 11.5 Å². The lowest BCUT2D eigenvalue weighted by Crippen LogP contribution is -2.59. The zero-order valence-electron chi connectivity index (χ0n) is 17.7. The molecule has 0 spiro atoms. The van der Waals surface area contributed by atoms with Crippen LogP contribution < -0.4 is 10.5 Å². The molecule has 2 N–H and O–H groups in total. The molecule has 0 radical (unpaired) electrons. The molecule has 2 heterocycles. The third-order valence-electron chi connectivity index (χ3n) is 5.67. The minimum Gasteiger partial charge on any atom is -0.497 e. The van der Waals surface area contributed by atoms with Crippen molar-refractivity contribution in [3.63, 3.8) is 0 Å². The Morgan fingerprint density at radius 3 is 2.71 bits per heavy atom. The number of aromatic nitrogens is 1. The molecule has 3 aromatic rings. The van der Waals surface area contributed by atoms with Gasteiger partial charge in [0.25, 0.3) is 5.91 Å².